The fraction of sp³-hybridized carbons (Fsp3) is 0.361. The molecule has 0 saturated carbocycles. The number of aromatic nitrogens is 2. The summed E-state index contributed by atoms with van der Waals surface area (Å²) in [6.45, 7) is 8.04. The highest BCUT2D eigenvalue weighted by atomic mass is 32.1. The Morgan fingerprint density at radius 3 is 2.61 bits per heavy atom. The zero-order valence-electron chi connectivity index (χ0n) is 27.5. The number of rotatable bonds is 7. The Hall–Kier alpha value is -4.04. The monoisotopic (exact) mass is 708 g/mol. The summed E-state index contributed by atoms with van der Waals surface area (Å²) in [5.41, 5.74) is 4.02. The second-order valence-corrected chi connectivity index (χ2v) is 15.0. The van der Waals surface area contributed by atoms with Crippen molar-refractivity contribution < 1.29 is 32.2 Å². The molecule has 13 heteroatoms. The fourth-order valence-corrected chi connectivity index (χ4v) is 8.26. The Labute approximate surface area is 289 Å². The van der Waals surface area contributed by atoms with Gasteiger partial charge in [0.15, 0.2) is 0 Å². The molecule has 0 unspecified atom stereocenters. The van der Waals surface area contributed by atoms with Crippen molar-refractivity contribution in [1.29, 1.82) is 0 Å². The first-order valence-corrected chi connectivity index (χ1v) is 17.7. The summed E-state index contributed by atoms with van der Waals surface area (Å²) < 4.78 is 63.6. The first-order chi connectivity index (χ1) is 23.5. The van der Waals surface area contributed by atoms with Crippen molar-refractivity contribution in [3.63, 3.8) is 0 Å². The van der Waals surface area contributed by atoms with Gasteiger partial charge in [0.25, 0.3) is 0 Å². The van der Waals surface area contributed by atoms with E-state index in [0.29, 0.717) is 58.3 Å². The average Bonchev–Trinajstić information content (AvgIpc) is 3.67. The normalized spacial score (nSPS) is 14.6. The molecule has 0 aliphatic carbocycles. The maximum absolute atomic E-state index is 16.0. The van der Waals surface area contributed by atoms with E-state index in [2.05, 4.69) is 5.32 Å². The Morgan fingerprint density at radius 2 is 1.84 bits per heavy atom. The Morgan fingerprint density at radius 1 is 1.00 bits per heavy atom. The van der Waals surface area contributed by atoms with Crippen LogP contribution in [-0.4, -0.2) is 60.0 Å². The molecule has 8 nitrogen and oxygen atoms in total. The molecule has 0 spiro atoms. The number of methoxy groups -OCH3 is 1. The number of carbonyl (C=O) groups excluding carboxylic acids is 1. The molecular formula is C36H35F3N4O4S2. The maximum Gasteiger partial charge on any atom is 0.410 e. The third-order valence-corrected chi connectivity index (χ3v) is 10.5. The van der Waals surface area contributed by atoms with Gasteiger partial charge in [0.2, 0.25) is 0 Å². The van der Waals surface area contributed by atoms with Crippen molar-refractivity contribution in [2.45, 2.75) is 52.3 Å². The minimum absolute atomic E-state index is 0.0163. The molecule has 5 aromatic rings. The Bertz CT molecular complexity index is 2050. The number of thiazole rings is 1. The summed E-state index contributed by atoms with van der Waals surface area (Å²) in [7, 11) is 1.51. The van der Waals surface area contributed by atoms with Crippen LogP contribution in [0.4, 0.5) is 18.0 Å². The summed E-state index contributed by atoms with van der Waals surface area (Å²) in [6.07, 6.45) is 0.939. The van der Waals surface area contributed by atoms with E-state index in [1.54, 1.807) is 4.90 Å². The van der Waals surface area contributed by atoms with Crippen molar-refractivity contribution in [3.05, 3.63) is 74.9 Å². The molecule has 2 aliphatic rings. The molecule has 0 radical (unpaired) electrons. The smallest absolute Gasteiger partial charge is 0.410 e. The van der Waals surface area contributed by atoms with Crippen LogP contribution >= 0.6 is 22.7 Å². The molecule has 0 atom stereocenters. The number of halogens is 3. The van der Waals surface area contributed by atoms with Crippen LogP contribution in [0.5, 0.6) is 5.75 Å². The minimum Gasteiger partial charge on any atom is -0.490 e. The van der Waals surface area contributed by atoms with Crippen molar-refractivity contribution in [3.8, 4) is 38.8 Å². The van der Waals surface area contributed by atoms with Crippen molar-refractivity contribution in [2.24, 2.45) is 0 Å². The lowest BCUT2D eigenvalue weighted by molar-refractivity contribution is 0.0224. The number of nitrogens with zero attached hydrogens (tertiary/aromatic N) is 3. The molecule has 256 valence electrons. The van der Waals surface area contributed by atoms with E-state index in [1.165, 1.54) is 23.8 Å². The van der Waals surface area contributed by atoms with Crippen LogP contribution in [0.3, 0.4) is 0 Å². The van der Waals surface area contributed by atoms with E-state index >= 15 is 8.78 Å². The molecular weight excluding hydrogens is 674 g/mol. The highest BCUT2D eigenvalue weighted by molar-refractivity contribution is 7.18. The van der Waals surface area contributed by atoms with Crippen LogP contribution in [0.25, 0.3) is 43.2 Å². The summed E-state index contributed by atoms with van der Waals surface area (Å²) in [5.74, 6) is -2.20. The number of hydrogen-bond donors (Lipinski definition) is 1. The number of thiophene rings is 1. The summed E-state index contributed by atoms with van der Waals surface area (Å²) in [5, 5.41) is 5.52. The van der Waals surface area contributed by atoms with Gasteiger partial charge in [-0.05, 0) is 44.4 Å². The highest BCUT2D eigenvalue weighted by Crippen LogP contribution is 2.49. The van der Waals surface area contributed by atoms with Gasteiger partial charge in [0.05, 0.1) is 28.9 Å². The molecule has 1 N–H and O–H groups in total. The van der Waals surface area contributed by atoms with Crippen molar-refractivity contribution >= 4 is 38.9 Å². The van der Waals surface area contributed by atoms with Gasteiger partial charge in [-0.15, -0.1) is 22.7 Å². The van der Waals surface area contributed by atoms with Crippen LogP contribution in [-0.2, 0) is 35.4 Å². The summed E-state index contributed by atoms with van der Waals surface area (Å²) >= 11 is 2.58. The second-order valence-electron chi connectivity index (χ2n) is 13.0. The molecule has 3 aromatic heterocycles. The number of benzene rings is 2. The van der Waals surface area contributed by atoms with Crippen molar-refractivity contribution in [2.75, 3.05) is 33.4 Å². The molecule has 0 fully saturated rings. The van der Waals surface area contributed by atoms with Crippen LogP contribution in [0.15, 0.2) is 35.7 Å². The quantitative estimate of drug-likeness (QED) is 0.171. The molecule has 0 saturated heterocycles. The number of fused-ring (bicyclic) bond motifs is 3. The van der Waals surface area contributed by atoms with Gasteiger partial charge in [-0.1, -0.05) is 12.1 Å². The predicted octanol–water partition coefficient (Wildman–Crippen LogP) is 8.14. The number of ether oxygens (including phenoxy) is 3. The number of nitrogens with one attached hydrogen (secondary N) is 1. The molecule has 1 amide bonds. The number of pyridine rings is 1. The molecule has 7 rings (SSSR count). The topological polar surface area (TPSA) is 85.8 Å². The zero-order chi connectivity index (χ0) is 34.4. The first-order valence-electron chi connectivity index (χ1n) is 16.0. The van der Waals surface area contributed by atoms with Crippen LogP contribution in [0.2, 0.25) is 0 Å². The van der Waals surface area contributed by atoms with E-state index in [9.17, 15) is 9.18 Å². The molecule has 0 bridgehead atoms. The van der Waals surface area contributed by atoms with Crippen LogP contribution in [0.1, 0.15) is 42.5 Å². The largest absolute Gasteiger partial charge is 0.490 e. The number of carbonyl (C=O) groups is 1. The van der Waals surface area contributed by atoms with Gasteiger partial charge in [0, 0.05) is 77.9 Å². The van der Waals surface area contributed by atoms with Crippen molar-refractivity contribution in [1.82, 2.24) is 20.2 Å². The van der Waals surface area contributed by atoms with Gasteiger partial charge < -0.3 is 24.4 Å². The van der Waals surface area contributed by atoms with E-state index in [4.69, 9.17) is 24.2 Å². The third-order valence-electron chi connectivity index (χ3n) is 8.43. The molecule has 5 heterocycles. The minimum atomic E-state index is -0.857. The van der Waals surface area contributed by atoms with E-state index in [-0.39, 0.29) is 36.0 Å². The van der Waals surface area contributed by atoms with Crippen LogP contribution < -0.4 is 10.1 Å². The highest BCUT2D eigenvalue weighted by Gasteiger charge is 2.30. The average molecular weight is 709 g/mol. The van der Waals surface area contributed by atoms with Crippen LogP contribution in [0, 0.1) is 17.5 Å². The lowest BCUT2D eigenvalue weighted by atomic mass is 9.94. The second kappa shape index (κ2) is 13.3. The zero-order valence-corrected chi connectivity index (χ0v) is 29.2. The SMILES string of the molecule is COCCOc1cc(F)cc(F)c1-c1c(-c2nc3c(s2)CNCC3)nc(-c2ccc3c(c2)CCN(C(=O)OC(C)(C)C)C3)c2c(F)csc12. The van der Waals surface area contributed by atoms with E-state index < -0.39 is 23.1 Å². The van der Waals surface area contributed by atoms with E-state index in [1.807, 2.05) is 39.0 Å². The molecule has 49 heavy (non-hydrogen) atoms. The summed E-state index contributed by atoms with van der Waals surface area (Å²) in [6, 6.07) is 7.71. The van der Waals surface area contributed by atoms with Gasteiger partial charge in [-0.2, -0.15) is 0 Å². The Kier molecular flexibility index (Phi) is 9.11. The van der Waals surface area contributed by atoms with Gasteiger partial charge in [-0.25, -0.2) is 27.9 Å². The lowest BCUT2D eigenvalue weighted by Gasteiger charge is -2.31. The first kappa shape index (κ1) is 33.5. The summed E-state index contributed by atoms with van der Waals surface area (Å²) in [4.78, 5) is 25.6. The maximum atomic E-state index is 16.0. The lowest BCUT2D eigenvalue weighted by Crippen LogP contribution is -2.39. The third kappa shape index (κ3) is 6.64. The predicted molar refractivity (Wildman–Crippen MR) is 185 cm³/mol. The number of amides is 1. The van der Waals surface area contributed by atoms with Gasteiger partial charge >= 0.3 is 6.09 Å². The number of hydrogen-bond acceptors (Lipinski definition) is 9. The standard InChI is InChI=1S/C36H35F3N4O4S2/c1-36(2,3)47-35(44)43-10-8-19-13-20(5-6-21(19)17-43)31-29-24(39)18-48-33(29)30(28-23(38)14-22(37)15-26(28)46-12-11-45-4)32(42-31)34-41-25-7-9-40-16-27(25)49-34/h5-6,13-15,18,40H,7-12,16-17H2,1-4H3. The molecule has 2 aromatic carbocycles. The van der Waals surface area contributed by atoms with Gasteiger partial charge in [-0.3, -0.25) is 0 Å². The molecule has 2 aliphatic heterocycles. The van der Waals surface area contributed by atoms with Gasteiger partial charge in [0.1, 0.15) is 46.1 Å². The Balaban J connectivity index is 1.40. The van der Waals surface area contributed by atoms with E-state index in [0.717, 1.165) is 58.1 Å². The fourth-order valence-electron chi connectivity index (χ4n) is 6.22.